The minimum atomic E-state index is -0.603. The van der Waals surface area contributed by atoms with Crippen molar-refractivity contribution in [2.24, 2.45) is 0 Å². The number of carbonyl (C=O) groups is 2. The first-order chi connectivity index (χ1) is 14.1. The molecule has 2 aromatic carbocycles. The van der Waals surface area contributed by atoms with Crippen molar-refractivity contribution < 1.29 is 23.8 Å². The molecule has 0 unspecified atom stereocenters. The van der Waals surface area contributed by atoms with Crippen LogP contribution in [0.25, 0.3) is 6.08 Å². The molecule has 2 aromatic rings. The fourth-order valence-corrected chi connectivity index (χ4v) is 3.02. The molecule has 0 fully saturated rings. The molecule has 1 heterocycles. The molecular weight excluding hydrogens is 394 g/mol. The third kappa shape index (κ3) is 5.74. The maximum absolute atomic E-state index is 12.4. The zero-order valence-corrected chi connectivity index (χ0v) is 16.9. The van der Waals surface area contributed by atoms with Gasteiger partial charge in [-0.2, -0.15) is 0 Å². The van der Waals surface area contributed by atoms with Gasteiger partial charge in [-0.15, -0.1) is 0 Å². The van der Waals surface area contributed by atoms with Crippen LogP contribution < -0.4 is 9.47 Å². The molecule has 0 saturated carbocycles. The standard InChI is InChI=1S/C22H22ClNO5/c1-2-24(14-16-7-9-19-20(13-16)28-12-11-27-19)21(25)15-29-22(26)10-8-17-5-3-4-6-18(17)23/h3-10,13H,2,11-12,14-15H2,1H3/b10-8+. The van der Waals surface area contributed by atoms with Gasteiger partial charge in [0.1, 0.15) is 13.2 Å². The van der Waals surface area contributed by atoms with Gasteiger partial charge in [0.15, 0.2) is 18.1 Å². The first-order valence-electron chi connectivity index (χ1n) is 9.32. The molecule has 29 heavy (non-hydrogen) atoms. The van der Waals surface area contributed by atoms with Gasteiger partial charge >= 0.3 is 5.97 Å². The number of carbonyl (C=O) groups excluding carboxylic acids is 2. The highest BCUT2D eigenvalue weighted by Gasteiger charge is 2.17. The van der Waals surface area contributed by atoms with E-state index in [4.69, 9.17) is 25.8 Å². The molecule has 0 saturated heterocycles. The molecule has 0 N–H and O–H groups in total. The lowest BCUT2D eigenvalue weighted by Crippen LogP contribution is -2.34. The summed E-state index contributed by atoms with van der Waals surface area (Å²) in [7, 11) is 0. The summed E-state index contributed by atoms with van der Waals surface area (Å²) in [4.78, 5) is 26.0. The molecule has 7 heteroatoms. The van der Waals surface area contributed by atoms with E-state index in [0.29, 0.717) is 48.4 Å². The van der Waals surface area contributed by atoms with Crippen LogP contribution in [0.2, 0.25) is 5.02 Å². The maximum atomic E-state index is 12.4. The number of amides is 1. The lowest BCUT2D eigenvalue weighted by Gasteiger charge is -2.23. The Hall–Kier alpha value is -2.99. The molecule has 1 aliphatic heterocycles. The van der Waals surface area contributed by atoms with Gasteiger partial charge in [0.25, 0.3) is 5.91 Å². The largest absolute Gasteiger partial charge is 0.486 e. The fraction of sp³-hybridized carbons (Fsp3) is 0.273. The molecule has 0 atom stereocenters. The van der Waals surface area contributed by atoms with Crippen LogP contribution in [0, 0.1) is 0 Å². The van der Waals surface area contributed by atoms with Crippen LogP contribution in [0.5, 0.6) is 11.5 Å². The highest BCUT2D eigenvalue weighted by molar-refractivity contribution is 6.32. The molecule has 0 spiro atoms. The number of esters is 1. The second-order valence-corrected chi connectivity index (χ2v) is 6.76. The summed E-state index contributed by atoms with van der Waals surface area (Å²) >= 11 is 6.04. The lowest BCUT2D eigenvalue weighted by atomic mass is 10.1. The smallest absolute Gasteiger partial charge is 0.331 e. The summed E-state index contributed by atoms with van der Waals surface area (Å²) in [5.74, 6) is 0.498. The van der Waals surface area contributed by atoms with Crippen molar-refractivity contribution in [2.45, 2.75) is 13.5 Å². The van der Waals surface area contributed by atoms with Crippen LogP contribution in [-0.2, 0) is 20.9 Å². The number of benzene rings is 2. The Morgan fingerprint density at radius 2 is 1.90 bits per heavy atom. The highest BCUT2D eigenvalue weighted by atomic mass is 35.5. The highest BCUT2D eigenvalue weighted by Crippen LogP contribution is 2.31. The topological polar surface area (TPSA) is 65.1 Å². The number of fused-ring (bicyclic) bond motifs is 1. The summed E-state index contributed by atoms with van der Waals surface area (Å²) in [6, 6.07) is 12.7. The Labute approximate surface area is 174 Å². The SMILES string of the molecule is CCN(Cc1ccc2c(c1)OCCO2)C(=O)COC(=O)/C=C/c1ccccc1Cl. The van der Waals surface area contributed by atoms with Gasteiger partial charge in [-0.1, -0.05) is 35.9 Å². The molecule has 0 aliphatic carbocycles. The lowest BCUT2D eigenvalue weighted by molar-refractivity contribution is -0.148. The van der Waals surface area contributed by atoms with Gasteiger partial charge in [-0.25, -0.2) is 4.79 Å². The van der Waals surface area contributed by atoms with Crippen LogP contribution >= 0.6 is 11.6 Å². The first-order valence-corrected chi connectivity index (χ1v) is 9.70. The van der Waals surface area contributed by atoms with Crippen LogP contribution in [-0.4, -0.2) is 43.1 Å². The zero-order valence-electron chi connectivity index (χ0n) is 16.1. The molecule has 152 valence electrons. The Morgan fingerprint density at radius 3 is 2.66 bits per heavy atom. The van der Waals surface area contributed by atoms with E-state index in [2.05, 4.69) is 0 Å². The van der Waals surface area contributed by atoms with Gasteiger partial charge < -0.3 is 19.1 Å². The van der Waals surface area contributed by atoms with E-state index >= 15 is 0 Å². The van der Waals surface area contributed by atoms with Crippen molar-refractivity contribution in [3.05, 3.63) is 64.7 Å². The zero-order chi connectivity index (χ0) is 20.6. The predicted molar refractivity (Wildman–Crippen MR) is 110 cm³/mol. The second-order valence-electron chi connectivity index (χ2n) is 6.35. The third-order valence-corrected chi connectivity index (χ3v) is 4.70. The Morgan fingerprint density at radius 1 is 1.14 bits per heavy atom. The second kappa shape index (κ2) is 9.98. The van der Waals surface area contributed by atoms with E-state index in [1.165, 1.54) is 6.08 Å². The maximum Gasteiger partial charge on any atom is 0.331 e. The van der Waals surface area contributed by atoms with Gasteiger partial charge in [0.2, 0.25) is 0 Å². The molecule has 6 nitrogen and oxygen atoms in total. The molecule has 0 radical (unpaired) electrons. The van der Waals surface area contributed by atoms with Crippen LogP contribution in [0.4, 0.5) is 0 Å². The van der Waals surface area contributed by atoms with Crippen molar-refractivity contribution in [1.82, 2.24) is 4.90 Å². The van der Waals surface area contributed by atoms with E-state index in [-0.39, 0.29) is 12.5 Å². The third-order valence-electron chi connectivity index (χ3n) is 4.36. The average Bonchev–Trinajstić information content (AvgIpc) is 2.75. The van der Waals surface area contributed by atoms with Crippen molar-refractivity contribution in [1.29, 1.82) is 0 Å². The summed E-state index contributed by atoms with van der Waals surface area (Å²) in [6.45, 7) is 3.45. The van der Waals surface area contributed by atoms with Crippen LogP contribution in [0.15, 0.2) is 48.5 Å². The van der Waals surface area contributed by atoms with Gasteiger partial charge in [-0.3, -0.25) is 4.79 Å². The van der Waals surface area contributed by atoms with E-state index in [9.17, 15) is 9.59 Å². The van der Waals surface area contributed by atoms with Crippen molar-refractivity contribution in [2.75, 3.05) is 26.4 Å². The molecule has 3 rings (SSSR count). The van der Waals surface area contributed by atoms with Crippen LogP contribution in [0.3, 0.4) is 0 Å². The minimum Gasteiger partial charge on any atom is -0.486 e. The molecule has 1 aliphatic rings. The van der Waals surface area contributed by atoms with Crippen LogP contribution in [0.1, 0.15) is 18.1 Å². The number of halogens is 1. The molecule has 0 bridgehead atoms. The van der Waals surface area contributed by atoms with E-state index in [0.717, 1.165) is 5.56 Å². The van der Waals surface area contributed by atoms with E-state index < -0.39 is 5.97 Å². The summed E-state index contributed by atoms with van der Waals surface area (Å²) in [6.07, 6.45) is 2.81. The Balaban J connectivity index is 1.53. The molecular formula is C22H22ClNO5. The summed E-state index contributed by atoms with van der Waals surface area (Å²) in [5, 5.41) is 0.532. The number of likely N-dealkylation sites (N-methyl/N-ethyl adjacent to an activating group) is 1. The molecule has 1 amide bonds. The number of hydrogen-bond acceptors (Lipinski definition) is 5. The van der Waals surface area contributed by atoms with E-state index in [1.807, 2.05) is 31.2 Å². The van der Waals surface area contributed by atoms with Crippen molar-refractivity contribution >= 4 is 29.6 Å². The van der Waals surface area contributed by atoms with Gasteiger partial charge in [0.05, 0.1) is 0 Å². The minimum absolute atomic E-state index is 0.276. The van der Waals surface area contributed by atoms with Gasteiger partial charge in [-0.05, 0) is 42.3 Å². The van der Waals surface area contributed by atoms with E-state index in [1.54, 1.807) is 29.2 Å². The average molecular weight is 416 g/mol. The first kappa shape index (κ1) is 20.7. The Kier molecular flexibility index (Phi) is 7.14. The van der Waals surface area contributed by atoms with Gasteiger partial charge in [0, 0.05) is 24.2 Å². The summed E-state index contributed by atoms with van der Waals surface area (Å²) < 4.78 is 16.2. The van der Waals surface area contributed by atoms with Crippen molar-refractivity contribution in [3.8, 4) is 11.5 Å². The normalized spacial score (nSPS) is 12.6. The summed E-state index contributed by atoms with van der Waals surface area (Å²) in [5.41, 5.74) is 1.61. The van der Waals surface area contributed by atoms with Crippen molar-refractivity contribution in [3.63, 3.8) is 0 Å². The number of rotatable bonds is 7. The molecule has 0 aromatic heterocycles. The predicted octanol–water partition coefficient (Wildman–Crippen LogP) is 3.72. The quantitative estimate of drug-likeness (QED) is 0.509. The Bertz CT molecular complexity index is 912. The monoisotopic (exact) mass is 415 g/mol. The number of hydrogen-bond donors (Lipinski definition) is 0. The fourth-order valence-electron chi connectivity index (χ4n) is 2.82. The number of ether oxygens (including phenoxy) is 3. The number of nitrogens with zero attached hydrogens (tertiary/aromatic N) is 1.